The van der Waals surface area contributed by atoms with Crippen molar-refractivity contribution in [1.29, 1.82) is 0 Å². The number of fused-ring (bicyclic) bond motifs is 2. The maximum atomic E-state index is 7.61. The molecule has 4 aliphatic rings. The van der Waals surface area contributed by atoms with Crippen LogP contribution in [0.1, 0.15) is 43.2 Å². The number of rotatable bonds is 6. The predicted octanol–water partition coefficient (Wildman–Crippen LogP) is 4.43. The lowest BCUT2D eigenvalue weighted by atomic mass is 9.92. The zero-order valence-corrected chi connectivity index (χ0v) is 24.1. The highest BCUT2D eigenvalue weighted by atomic mass is 35.5. The number of likely N-dealkylation sites (tertiary alicyclic amines) is 1. The van der Waals surface area contributed by atoms with Crippen LogP contribution in [0.25, 0.3) is 22.0 Å². The molecule has 2 saturated heterocycles. The first kappa shape index (κ1) is 26.1. The van der Waals surface area contributed by atoms with Gasteiger partial charge in [-0.2, -0.15) is 10.1 Å². The standard InChI is InChI=1S/C30H38ClN7O2/c1-19-8-11-25-23(17-33-36-25)26(19)22-9-10-24-27(28(22)40-21-6-3-7-21)34-29(39-18-20-5-4-14-37(20)2)35-30(24,31)38-15-12-32-13-16-38/h8-11,17,20-21,32H,3-7,12-16,18H2,1-2H3,(H,33,36)(H,34,35)/t20-,30?/m0/s1. The fourth-order valence-electron chi connectivity index (χ4n) is 6.40. The lowest BCUT2D eigenvalue weighted by molar-refractivity contribution is 0.106. The summed E-state index contributed by atoms with van der Waals surface area (Å²) in [6.45, 7) is 7.16. The van der Waals surface area contributed by atoms with E-state index in [1.54, 1.807) is 0 Å². The molecular formula is C30H38ClN7O2. The Morgan fingerprint density at radius 3 is 2.67 bits per heavy atom. The van der Waals surface area contributed by atoms with Gasteiger partial charge in [-0.3, -0.25) is 10.00 Å². The molecular weight excluding hydrogens is 526 g/mol. The van der Waals surface area contributed by atoms with E-state index < -0.39 is 5.12 Å². The van der Waals surface area contributed by atoms with E-state index in [0.717, 1.165) is 96.6 Å². The number of H-pyrrole nitrogens is 1. The third-order valence-corrected chi connectivity index (χ3v) is 9.59. The number of piperazine rings is 1. The number of alkyl halides is 1. The third-order valence-electron chi connectivity index (χ3n) is 9.05. The molecule has 3 aromatic rings. The second-order valence-corrected chi connectivity index (χ2v) is 12.1. The van der Waals surface area contributed by atoms with Gasteiger partial charge in [-0.05, 0) is 75.9 Å². The highest BCUT2D eigenvalue weighted by Gasteiger charge is 2.45. The van der Waals surface area contributed by atoms with Crippen LogP contribution in [0.3, 0.4) is 0 Å². The van der Waals surface area contributed by atoms with Crippen molar-refractivity contribution in [2.45, 2.75) is 56.3 Å². The molecule has 0 radical (unpaired) electrons. The van der Waals surface area contributed by atoms with E-state index >= 15 is 0 Å². The largest absolute Gasteiger partial charge is 0.487 e. The van der Waals surface area contributed by atoms with Gasteiger partial charge in [0.1, 0.15) is 12.3 Å². The van der Waals surface area contributed by atoms with Crippen LogP contribution < -0.4 is 15.4 Å². The summed E-state index contributed by atoms with van der Waals surface area (Å²) in [5.74, 6) is 0.778. The number of nitrogens with one attached hydrogen (secondary N) is 3. The Hall–Kier alpha value is -2.85. The number of likely N-dealkylation sites (N-methyl/N-ethyl adjacent to an activating group) is 1. The van der Waals surface area contributed by atoms with Crippen LogP contribution in [0.4, 0.5) is 5.69 Å². The minimum Gasteiger partial charge on any atom is -0.487 e. The van der Waals surface area contributed by atoms with E-state index in [0.29, 0.717) is 18.7 Å². The van der Waals surface area contributed by atoms with Gasteiger partial charge in [0.25, 0.3) is 6.02 Å². The van der Waals surface area contributed by atoms with E-state index in [1.807, 2.05) is 6.20 Å². The summed E-state index contributed by atoms with van der Waals surface area (Å²) >= 11 is 7.61. The average Bonchev–Trinajstić information content (AvgIpc) is 3.59. The Morgan fingerprint density at radius 1 is 1.07 bits per heavy atom. The van der Waals surface area contributed by atoms with Gasteiger partial charge in [0.15, 0.2) is 5.75 Å². The zero-order valence-electron chi connectivity index (χ0n) is 23.3. The van der Waals surface area contributed by atoms with Gasteiger partial charge in [0, 0.05) is 48.7 Å². The molecule has 2 atom stereocenters. The molecule has 3 aliphatic heterocycles. The number of aromatic amines is 1. The number of ether oxygens (including phenoxy) is 2. The highest BCUT2D eigenvalue weighted by molar-refractivity contribution is 6.25. The van der Waals surface area contributed by atoms with Crippen molar-refractivity contribution < 1.29 is 9.47 Å². The summed E-state index contributed by atoms with van der Waals surface area (Å²) < 4.78 is 13.2. The molecule has 0 amide bonds. The molecule has 0 bridgehead atoms. The number of benzene rings is 2. The van der Waals surface area contributed by atoms with E-state index in [9.17, 15) is 0 Å². The summed E-state index contributed by atoms with van der Waals surface area (Å²) in [6.07, 6.45) is 7.64. The van der Waals surface area contributed by atoms with Crippen molar-refractivity contribution in [2.24, 2.45) is 4.99 Å². The first-order valence-electron chi connectivity index (χ1n) is 14.6. The molecule has 3 N–H and O–H groups in total. The molecule has 2 aromatic carbocycles. The fraction of sp³-hybridized carbons (Fsp3) is 0.533. The Kier molecular flexibility index (Phi) is 6.86. The Morgan fingerprint density at radius 2 is 1.93 bits per heavy atom. The fourth-order valence-corrected chi connectivity index (χ4v) is 6.80. The normalized spacial score (nSPS) is 25.8. The first-order chi connectivity index (χ1) is 19.5. The summed E-state index contributed by atoms with van der Waals surface area (Å²) in [6, 6.07) is 9.30. The summed E-state index contributed by atoms with van der Waals surface area (Å²) in [4.78, 5) is 9.74. The van der Waals surface area contributed by atoms with Crippen LogP contribution in [-0.2, 0) is 9.86 Å². The minimum absolute atomic E-state index is 0.166. The number of hydrogen-bond acceptors (Lipinski definition) is 8. The molecule has 1 aliphatic carbocycles. The van der Waals surface area contributed by atoms with Crippen LogP contribution in [0.2, 0.25) is 0 Å². The Bertz CT molecular complexity index is 1430. The van der Waals surface area contributed by atoms with Crippen molar-refractivity contribution in [3.8, 4) is 16.9 Å². The van der Waals surface area contributed by atoms with Gasteiger partial charge in [-0.15, -0.1) is 0 Å². The van der Waals surface area contributed by atoms with Gasteiger partial charge in [-0.1, -0.05) is 23.7 Å². The topological polar surface area (TPSA) is 90.0 Å². The van der Waals surface area contributed by atoms with E-state index in [4.69, 9.17) is 26.1 Å². The molecule has 10 heteroatoms. The van der Waals surface area contributed by atoms with Crippen LogP contribution >= 0.6 is 11.6 Å². The quantitative estimate of drug-likeness (QED) is 0.302. The minimum atomic E-state index is -0.997. The molecule has 7 rings (SSSR count). The molecule has 40 heavy (non-hydrogen) atoms. The number of amidine groups is 1. The zero-order chi connectivity index (χ0) is 27.3. The molecule has 1 saturated carbocycles. The molecule has 212 valence electrons. The molecule has 1 aromatic heterocycles. The Labute approximate surface area is 240 Å². The van der Waals surface area contributed by atoms with Gasteiger partial charge in [-0.25, -0.2) is 0 Å². The maximum absolute atomic E-state index is 7.61. The van der Waals surface area contributed by atoms with Crippen molar-refractivity contribution in [3.63, 3.8) is 0 Å². The maximum Gasteiger partial charge on any atom is 0.292 e. The third kappa shape index (κ3) is 4.53. The number of aromatic nitrogens is 2. The molecule has 9 nitrogen and oxygen atoms in total. The number of halogens is 1. The van der Waals surface area contributed by atoms with Crippen molar-refractivity contribution in [3.05, 3.63) is 41.6 Å². The number of aryl methyl sites for hydroxylation is 1. The summed E-state index contributed by atoms with van der Waals surface area (Å²) in [7, 11) is 2.16. The monoisotopic (exact) mass is 563 g/mol. The van der Waals surface area contributed by atoms with E-state index in [1.165, 1.54) is 12.8 Å². The summed E-state index contributed by atoms with van der Waals surface area (Å²) in [5.41, 5.74) is 5.92. The van der Waals surface area contributed by atoms with Crippen molar-refractivity contribution in [1.82, 2.24) is 30.6 Å². The molecule has 0 spiro atoms. The van der Waals surface area contributed by atoms with Gasteiger partial charge < -0.3 is 25.0 Å². The van der Waals surface area contributed by atoms with Crippen molar-refractivity contribution in [2.75, 3.05) is 46.4 Å². The van der Waals surface area contributed by atoms with Crippen LogP contribution in [0, 0.1) is 6.92 Å². The number of aliphatic imine (C=N–C) groups is 1. The number of nitrogens with zero attached hydrogens (tertiary/aromatic N) is 4. The van der Waals surface area contributed by atoms with Gasteiger partial charge in [0.05, 0.1) is 17.8 Å². The van der Waals surface area contributed by atoms with Crippen LogP contribution in [-0.4, -0.2) is 84.5 Å². The summed E-state index contributed by atoms with van der Waals surface area (Å²) in [5, 5.41) is 14.5. The van der Waals surface area contributed by atoms with Crippen molar-refractivity contribution >= 4 is 34.2 Å². The van der Waals surface area contributed by atoms with Crippen LogP contribution in [0.15, 0.2) is 35.5 Å². The first-order valence-corrected chi connectivity index (χ1v) is 15.0. The van der Waals surface area contributed by atoms with Crippen LogP contribution in [0.5, 0.6) is 5.75 Å². The molecule has 3 fully saturated rings. The second-order valence-electron chi connectivity index (χ2n) is 11.6. The second kappa shape index (κ2) is 10.5. The molecule has 1 unspecified atom stereocenters. The van der Waals surface area contributed by atoms with Gasteiger partial charge in [0.2, 0.25) is 5.12 Å². The predicted molar refractivity (Wildman–Crippen MR) is 158 cm³/mol. The SMILES string of the molecule is Cc1ccc2[nH]ncc2c1-c1ccc2c(c1OC1CCC1)N=C(OC[C@@H]1CCCN1C)NC2(Cl)N1CCNCC1. The smallest absolute Gasteiger partial charge is 0.292 e. The van der Waals surface area contributed by atoms with E-state index in [-0.39, 0.29) is 6.10 Å². The van der Waals surface area contributed by atoms with E-state index in [2.05, 4.69) is 68.9 Å². The lowest BCUT2D eigenvalue weighted by Gasteiger charge is -2.45. The number of hydrogen-bond donors (Lipinski definition) is 3. The highest BCUT2D eigenvalue weighted by Crippen LogP contribution is 2.51. The lowest BCUT2D eigenvalue weighted by Crippen LogP contribution is -2.60. The molecule has 4 heterocycles. The average molecular weight is 564 g/mol. The van der Waals surface area contributed by atoms with Gasteiger partial charge >= 0.3 is 0 Å². The Balaban J connectivity index is 1.38.